The number of aromatic nitrogens is 3. The zero-order valence-electron chi connectivity index (χ0n) is 10.9. The van der Waals surface area contributed by atoms with Crippen LogP contribution < -0.4 is 5.73 Å². The van der Waals surface area contributed by atoms with Crippen LogP contribution in [0.4, 0.5) is 5.82 Å². The quantitative estimate of drug-likeness (QED) is 0.857. The molecule has 4 nitrogen and oxygen atoms in total. The lowest BCUT2D eigenvalue weighted by Gasteiger charge is -2.19. The molecule has 2 aromatic rings. The van der Waals surface area contributed by atoms with Crippen molar-refractivity contribution in [3.05, 3.63) is 43.0 Å². The third-order valence-electron chi connectivity index (χ3n) is 3.63. The van der Waals surface area contributed by atoms with E-state index in [1.807, 2.05) is 30.9 Å². The van der Waals surface area contributed by atoms with Gasteiger partial charge >= 0.3 is 0 Å². The van der Waals surface area contributed by atoms with Gasteiger partial charge in [0.1, 0.15) is 5.82 Å². The summed E-state index contributed by atoms with van der Waals surface area (Å²) in [6, 6.07) is 3.83. The number of allylic oxidation sites excluding steroid dienone is 2. The third kappa shape index (κ3) is 2.67. The summed E-state index contributed by atoms with van der Waals surface area (Å²) in [4.78, 5) is 8.42. The molecule has 1 atom stereocenters. The molecule has 2 N–H and O–H groups in total. The van der Waals surface area contributed by atoms with E-state index in [1.54, 1.807) is 0 Å². The molecule has 2 heterocycles. The van der Waals surface area contributed by atoms with Gasteiger partial charge in [0, 0.05) is 18.3 Å². The molecule has 1 unspecified atom stereocenters. The van der Waals surface area contributed by atoms with Gasteiger partial charge in [0.15, 0.2) is 0 Å². The van der Waals surface area contributed by atoms with Crippen LogP contribution in [0.25, 0.3) is 11.3 Å². The van der Waals surface area contributed by atoms with E-state index < -0.39 is 0 Å². The van der Waals surface area contributed by atoms with Gasteiger partial charge in [-0.1, -0.05) is 12.2 Å². The largest absolute Gasteiger partial charge is 0.384 e. The topological polar surface area (TPSA) is 56.7 Å². The minimum atomic E-state index is 0.548. The zero-order valence-corrected chi connectivity index (χ0v) is 10.9. The Morgan fingerprint density at radius 3 is 2.95 bits per heavy atom. The van der Waals surface area contributed by atoms with E-state index in [4.69, 9.17) is 5.73 Å². The van der Waals surface area contributed by atoms with Crippen LogP contribution in [0.2, 0.25) is 0 Å². The number of nitrogens with zero attached hydrogens (tertiary/aromatic N) is 3. The van der Waals surface area contributed by atoms with E-state index in [0.29, 0.717) is 11.7 Å². The lowest BCUT2D eigenvalue weighted by atomic mass is 9.94. The molecule has 0 saturated carbocycles. The van der Waals surface area contributed by atoms with E-state index in [9.17, 15) is 0 Å². The first-order chi connectivity index (χ1) is 9.33. The van der Waals surface area contributed by atoms with Crippen molar-refractivity contribution < 1.29 is 0 Å². The number of imidazole rings is 1. The molecule has 0 aliphatic heterocycles. The van der Waals surface area contributed by atoms with Crippen molar-refractivity contribution in [2.24, 2.45) is 5.92 Å². The molecule has 0 saturated heterocycles. The predicted octanol–water partition coefficient (Wildman–Crippen LogP) is 2.88. The van der Waals surface area contributed by atoms with Gasteiger partial charge in [0.05, 0.1) is 18.2 Å². The third-order valence-corrected chi connectivity index (χ3v) is 3.63. The first-order valence-electron chi connectivity index (χ1n) is 6.70. The Hall–Kier alpha value is -2.10. The fraction of sp³-hybridized carbons (Fsp3) is 0.333. The summed E-state index contributed by atoms with van der Waals surface area (Å²) in [6.45, 7) is 1.02. The lowest BCUT2D eigenvalue weighted by Crippen LogP contribution is -2.12. The van der Waals surface area contributed by atoms with E-state index in [0.717, 1.165) is 24.2 Å². The van der Waals surface area contributed by atoms with E-state index in [-0.39, 0.29) is 0 Å². The van der Waals surface area contributed by atoms with Gasteiger partial charge in [-0.25, -0.2) is 9.97 Å². The fourth-order valence-corrected chi connectivity index (χ4v) is 2.56. The zero-order chi connectivity index (χ0) is 13.1. The molecule has 0 aromatic carbocycles. The van der Waals surface area contributed by atoms with Crippen molar-refractivity contribution in [1.82, 2.24) is 14.5 Å². The van der Waals surface area contributed by atoms with E-state index in [1.165, 1.54) is 12.8 Å². The second kappa shape index (κ2) is 5.26. The van der Waals surface area contributed by atoms with Gasteiger partial charge in [0.2, 0.25) is 0 Å². The Labute approximate surface area is 113 Å². The highest BCUT2D eigenvalue weighted by atomic mass is 15.0. The molecule has 98 valence electrons. The summed E-state index contributed by atoms with van der Waals surface area (Å²) < 4.78 is 2.22. The maximum Gasteiger partial charge on any atom is 0.123 e. The van der Waals surface area contributed by atoms with Gasteiger partial charge in [-0.2, -0.15) is 0 Å². The van der Waals surface area contributed by atoms with Crippen molar-refractivity contribution in [3.63, 3.8) is 0 Å². The van der Waals surface area contributed by atoms with Crippen LogP contribution in [0.5, 0.6) is 0 Å². The highest BCUT2D eigenvalue weighted by Gasteiger charge is 2.13. The molecular weight excluding hydrogens is 236 g/mol. The van der Waals surface area contributed by atoms with Crippen molar-refractivity contribution in [2.75, 3.05) is 5.73 Å². The highest BCUT2D eigenvalue weighted by molar-refractivity contribution is 5.59. The van der Waals surface area contributed by atoms with Crippen molar-refractivity contribution in [3.8, 4) is 11.3 Å². The SMILES string of the molecule is Nc1ccc(-c2cncn2CC2CC=CCC2)cn1. The molecule has 0 amide bonds. The summed E-state index contributed by atoms with van der Waals surface area (Å²) >= 11 is 0. The molecule has 0 spiro atoms. The Morgan fingerprint density at radius 2 is 2.21 bits per heavy atom. The predicted molar refractivity (Wildman–Crippen MR) is 76.4 cm³/mol. The number of pyridine rings is 1. The Kier molecular flexibility index (Phi) is 3.31. The van der Waals surface area contributed by atoms with Crippen LogP contribution in [0.1, 0.15) is 19.3 Å². The van der Waals surface area contributed by atoms with Crippen molar-refractivity contribution >= 4 is 5.82 Å². The molecule has 0 bridgehead atoms. The molecule has 4 heteroatoms. The fourth-order valence-electron chi connectivity index (χ4n) is 2.56. The van der Waals surface area contributed by atoms with Gasteiger partial charge in [-0.3, -0.25) is 0 Å². The van der Waals surface area contributed by atoms with Crippen molar-refractivity contribution in [1.29, 1.82) is 0 Å². The number of hydrogen-bond acceptors (Lipinski definition) is 3. The number of hydrogen-bond donors (Lipinski definition) is 1. The van der Waals surface area contributed by atoms with Gasteiger partial charge in [-0.15, -0.1) is 0 Å². The Morgan fingerprint density at radius 1 is 1.26 bits per heavy atom. The average molecular weight is 254 g/mol. The molecule has 0 radical (unpaired) electrons. The molecule has 0 fully saturated rings. The minimum absolute atomic E-state index is 0.548. The summed E-state index contributed by atoms with van der Waals surface area (Å²) in [5.74, 6) is 1.26. The smallest absolute Gasteiger partial charge is 0.123 e. The average Bonchev–Trinajstić information content (AvgIpc) is 2.89. The second-order valence-corrected chi connectivity index (χ2v) is 5.05. The lowest BCUT2D eigenvalue weighted by molar-refractivity contribution is 0.412. The summed E-state index contributed by atoms with van der Waals surface area (Å²) in [6.07, 6.45) is 13.8. The summed E-state index contributed by atoms with van der Waals surface area (Å²) in [5.41, 5.74) is 7.81. The molecule has 2 aromatic heterocycles. The van der Waals surface area contributed by atoms with Gasteiger partial charge in [-0.05, 0) is 37.3 Å². The molecule has 3 rings (SSSR count). The molecule has 19 heavy (non-hydrogen) atoms. The number of nitrogen functional groups attached to an aromatic ring is 1. The maximum absolute atomic E-state index is 5.63. The summed E-state index contributed by atoms with van der Waals surface area (Å²) in [7, 11) is 0. The Balaban J connectivity index is 1.81. The highest BCUT2D eigenvalue weighted by Crippen LogP contribution is 2.24. The monoisotopic (exact) mass is 254 g/mol. The van der Waals surface area contributed by atoms with Crippen LogP contribution in [0.3, 0.4) is 0 Å². The Bertz CT molecular complexity index is 568. The van der Waals surface area contributed by atoms with Gasteiger partial charge < -0.3 is 10.3 Å². The first-order valence-corrected chi connectivity index (χ1v) is 6.70. The minimum Gasteiger partial charge on any atom is -0.384 e. The molecule has 1 aliphatic carbocycles. The summed E-state index contributed by atoms with van der Waals surface area (Å²) in [5, 5.41) is 0. The van der Waals surface area contributed by atoms with Crippen LogP contribution in [-0.2, 0) is 6.54 Å². The van der Waals surface area contributed by atoms with Crippen LogP contribution >= 0.6 is 0 Å². The maximum atomic E-state index is 5.63. The first kappa shape index (κ1) is 12.0. The number of nitrogens with two attached hydrogens (primary N) is 1. The van der Waals surface area contributed by atoms with E-state index in [2.05, 4.69) is 26.7 Å². The molecular formula is C15H18N4. The van der Waals surface area contributed by atoms with Crippen LogP contribution in [0, 0.1) is 5.92 Å². The van der Waals surface area contributed by atoms with Crippen molar-refractivity contribution in [2.45, 2.75) is 25.8 Å². The van der Waals surface area contributed by atoms with Crippen LogP contribution in [-0.4, -0.2) is 14.5 Å². The van der Waals surface area contributed by atoms with Gasteiger partial charge in [0.25, 0.3) is 0 Å². The molecule has 1 aliphatic rings. The standard InChI is InChI=1S/C15H18N4/c16-15-7-6-13(8-18-15)14-9-17-11-19(14)10-12-4-2-1-3-5-12/h1-2,6-9,11-12H,3-5,10H2,(H2,16,18). The second-order valence-electron chi connectivity index (χ2n) is 5.05. The van der Waals surface area contributed by atoms with Crippen LogP contribution in [0.15, 0.2) is 43.0 Å². The van der Waals surface area contributed by atoms with E-state index >= 15 is 0 Å². The normalized spacial score (nSPS) is 18.6. The number of rotatable bonds is 3. The number of anilines is 1.